The molecule has 0 aliphatic heterocycles. The van der Waals surface area contributed by atoms with Crippen molar-refractivity contribution in [2.45, 2.75) is 13.8 Å². The molecule has 0 unspecified atom stereocenters. The Morgan fingerprint density at radius 3 is 2.82 bits per heavy atom. The third kappa shape index (κ3) is 2.47. The fourth-order valence-electron chi connectivity index (χ4n) is 2.27. The van der Waals surface area contributed by atoms with Crippen LogP contribution in [-0.4, -0.2) is 16.6 Å². The lowest BCUT2D eigenvalue weighted by Crippen LogP contribution is -2.01. The van der Waals surface area contributed by atoms with E-state index < -0.39 is 0 Å². The van der Waals surface area contributed by atoms with Crippen molar-refractivity contribution in [3.05, 3.63) is 47.9 Å². The second-order valence-corrected chi connectivity index (χ2v) is 4.77. The summed E-state index contributed by atoms with van der Waals surface area (Å²) in [4.78, 5) is 7.56. The average Bonchev–Trinajstić information content (AvgIpc) is 3.18. The van der Waals surface area contributed by atoms with E-state index in [0.29, 0.717) is 35.1 Å². The summed E-state index contributed by atoms with van der Waals surface area (Å²) < 4.78 is 11.2. The highest BCUT2D eigenvalue weighted by atomic mass is 16.5. The minimum absolute atomic E-state index is 0.321. The summed E-state index contributed by atoms with van der Waals surface area (Å²) in [6.07, 6.45) is 1.83. The molecule has 0 saturated heterocycles. The van der Waals surface area contributed by atoms with E-state index in [4.69, 9.17) is 9.15 Å². The zero-order valence-corrected chi connectivity index (χ0v) is 12.4. The summed E-state index contributed by atoms with van der Waals surface area (Å²) in [5, 5.41) is 9.50. The van der Waals surface area contributed by atoms with E-state index in [2.05, 4.69) is 16.0 Å². The summed E-state index contributed by atoms with van der Waals surface area (Å²) in [5.41, 5.74) is 2.62. The van der Waals surface area contributed by atoms with Crippen molar-refractivity contribution in [3.63, 3.8) is 0 Å². The maximum Gasteiger partial charge on any atom is 0.233 e. The normalized spacial score (nSPS) is 10.4. The number of hydrogen-bond acceptors (Lipinski definition) is 4. The SMILES string of the molecule is CCOc1nc(-c2ccc[nH]2)cc(-c2ccc(C)o2)c1C#N. The lowest BCUT2D eigenvalue weighted by Gasteiger charge is -2.10. The topological polar surface area (TPSA) is 74.8 Å². The van der Waals surface area contributed by atoms with Crippen molar-refractivity contribution in [2.75, 3.05) is 6.61 Å². The fourth-order valence-corrected chi connectivity index (χ4v) is 2.27. The molecular formula is C17H15N3O2. The minimum atomic E-state index is 0.321. The van der Waals surface area contributed by atoms with Crippen molar-refractivity contribution in [1.82, 2.24) is 9.97 Å². The molecule has 3 heterocycles. The van der Waals surface area contributed by atoms with Crippen molar-refractivity contribution >= 4 is 0 Å². The third-order valence-corrected chi connectivity index (χ3v) is 3.26. The number of aromatic amines is 1. The Morgan fingerprint density at radius 2 is 2.23 bits per heavy atom. The van der Waals surface area contributed by atoms with Gasteiger partial charge < -0.3 is 14.1 Å². The number of hydrogen-bond donors (Lipinski definition) is 1. The van der Waals surface area contributed by atoms with Crippen LogP contribution in [0.3, 0.4) is 0 Å². The smallest absolute Gasteiger partial charge is 0.233 e. The molecule has 0 saturated carbocycles. The van der Waals surface area contributed by atoms with Gasteiger partial charge in [-0.1, -0.05) is 0 Å². The molecule has 0 aliphatic carbocycles. The Balaban J connectivity index is 2.24. The van der Waals surface area contributed by atoms with E-state index in [0.717, 1.165) is 11.5 Å². The van der Waals surface area contributed by atoms with Gasteiger partial charge in [0.1, 0.15) is 23.2 Å². The standard InChI is InChI=1S/C17H15N3O2/c1-3-21-17-13(10-18)12(16-7-6-11(2)22-16)9-15(20-17)14-5-4-8-19-14/h4-9,19H,3H2,1-2H3. The number of ether oxygens (including phenoxy) is 1. The molecule has 0 atom stereocenters. The largest absolute Gasteiger partial charge is 0.477 e. The quantitative estimate of drug-likeness (QED) is 0.791. The molecular weight excluding hydrogens is 278 g/mol. The summed E-state index contributed by atoms with van der Waals surface area (Å²) in [6.45, 7) is 4.17. The van der Waals surface area contributed by atoms with Crippen LogP contribution in [0.5, 0.6) is 5.88 Å². The van der Waals surface area contributed by atoms with Crippen LogP contribution in [0, 0.1) is 18.3 Å². The number of nitrogens with one attached hydrogen (secondary N) is 1. The first-order valence-corrected chi connectivity index (χ1v) is 7.01. The molecule has 0 aromatic carbocycles. The molecule has 0 spiro atoms. The first-order valence-electron chi connectivity index (χ1n) is 7.01. The molecule has 3 aromatic rings. The predicted molar refractivity (Wildman–Crippen MR) is 82.3 cm³/mol. The van der Waals surface area contributed by atoms with Gasteiger partial charge in [0.25, 0.3) is 0 Å². The van der Waals surface area contributed by atoms with E-state index in [-0.39, 0.29) is 0 Å². The molecule has 3 aromatic heterocycles. The molecule has 0 radical (unpaired) electrons. The van der Waals surface area contributed by atoms with E-state index in [1.165, 1.54) is 0 Å². The van der Waals surface area contributed by atoms with Crippen molar-refractivity contribution in [1.29, 1.82) is 5.26 Å². The maximum absolute atomic E-state index is 9.50. The van der Waals surface area contributed by atoms with Gasteiger partial charge >= 0.3 is 0 Å². The van der Waals surface area contributed by atoms with Gasteiger partial charge in [0.15, 0.2) is 0 Å². The van der Waals surface area contributed by atoms with Crippen LogP contribution in [0.2, 0.25) is 0 Å². The average molecular weight is 293 g/mol. The van der Waals surface area contributed by atoms with Crippen LogP contribution in [0.15, 0.2) is 40.9 Å². The van der Waals surface area contributed by atoms with Gasteiger partial charge in [0, 0.05) is 11.8 Å². The van der Waals surface area contributed by atoms with Crippen LogP contribution in [0.25, 0.3) is 22.7 Å². The molecule has 0 bridgehead atoms. The van der Waals surface area contributed by atoms with Gasteiger partial charge in [-0.2, -0.15) is 5.26 Å². The van der Waals surface area contributed by atoms with E-state index in [1.54, 1.807) is 0 Å². The summed E-state index contributed by atoms with van der Waals surface area (Å²) in [5.74, 6) is 1.74. The fraction of sp³-hybridized carbons (Fsp3) is 0.176. The van der Waals surface area contributed by atoms with Crippen LogP contribution >= 0.6 is 0 Å². The Labute approximate surface area is 128 Å². The zero-order valence-electron chi connectivity index (χ0n) is 12.4. The number of aromatic nitrogens is 2. The third-order valence-electron chi connectivity index (χ3n) is 3.26. The number of nitriles is 1. The first kappa shape index (κ1) is 14.0. The monoisotopic (exact) mass is 293 g/mol. The number of rotatable bonds is 4. The van der Waals surface area contributed by atoms with Gasteiger partial charge in [0.2, 0.25) is 5.88 Å². The van der Waals surface area contributed by atoms with Gasteiger partial charge in [-0.25, -0.2) is 4.98 Å². The van der Waals surface area contributed by atoms with Crippen molar-refractivity contribution < 1.29 is 9.15 Å². The van der Waals surface area contributed by atoms with Gasteiger partial charge in [-0.3, -0.25) is 0 Å². The molecule has 0 amide bonds. The first-order chi connectivity index (χ1) is 10.7. The number of aryl methyl sites for hydroxylation is 1. The maximum atomic E-state index is 9.50. The predicted octanol–water partition coefficient (Wildman–Crippen LogP) is 3.92. The molecule has 5 heteroatoms. The van der Waals surface area contributed by atoms with Crippen LogP contribution in [-0.2, 0) is 0 Å². The molecule has 22 heavy (non-hydrogen) atoms. The van der Waals surface area contributed by atoms with Gasteiger partial charge in [0.05, 0.1) is 18.0 Å². The molecule has 110 valence electrons. The Kier molecular flexibility index (Phi) is 3.67. The Hall–Kier alpha value is -3.00. The van der Waals surface area contributed by atoms with Crippen LogP contribution in [0.4, 0.5) is 0 Å². The van der Waals surface area contributed by atoms with Crippen LogP contribution in [0.1, 0.15) is 18.2 Å². The Bertz CT molecular complexity index is 826. The van der Waals surface area contributed by atoms with Gasteiger partial charge in [-0.05, 0) is 44.2 Å². The summed E-state index contributed by atoms with van der Waals surface area (Å²) >= 11 is 0. The molecule has 0 fully saturated rings. The highest BCUT2D eigenvalue weighted by molar-refractivity contribution is 5.74. The highest BCUT2D eigenvalue weighted by Gasteiger charge is 2.18. The minimum Gasteiger partial charge on any atom is -0.477 e. The van der Waals surface area contributed by atoms with E-state index in [1.807, 2.05) is 50.4 Å². The second kappa shape index (κ2) is 5.78. The second-order valence-electron chi connectivity index (χ2n) is 4.77. The number of furan rings is 1. The van der Waals surface area contributed by atoms with Crippen LogP contribution < -0.4 is 4.74 Å². The van der Waals surface area contributed by atoms with Crippen molar-refractivity contribution in [3.8, 4) is 34.7 Å². The van der Waals surface area contributed by atoms with Gasteiger partial charge in [-0.15, -0.1) is 0 Å². The molecule has 5 nitrogen and oxygen atoms in total. The number of pyridine rings is 1. The van der Waals surface area contributed by atoms with E-state index >= 15 is 0 Å². The Morgan fingerprint density at radius 1 is 1.36 bits per heavy atom. The molecule has 3 rings (SSSR count). The lowest BCUT2D eigenvalue weighted by molar-refractivity contribution is 0.326. The van der Waals surface area contributed by atoms with E-state index in [9.17, 15) is 5.26 Å². The molecule has 0 aliphatic rings. The zero-order chi connectivity index (χ0) is 15.5. The molecule has 1 N–H and O–H groups in total. The number of H-pyrrole nitrogens is 1. The highest BCUT2D eigenvalue weighted by Crippen LogP contribution is 2.33. The summed E-state index contributed by atoms with van der Waals surface area (Å²) in [7, 11) is 0. The van der Waals surface area contributed by atoms with Crippen molar-refractivity contribution in [2.24, 2.45) is 0 Å². The lowest BCUT2D eigenvalue weighted by atomic mass is 10.1. The number of nitrogens with zero attached hydrogens (tertiary/aromatic N) is 2. The summed E-state index contributed by atoms with van der Waals surface area (Å²) in [6, 6.07) is 11.5.